The molecule has 2 rings (SSSR count). The summed E-state index contributed by atoms with van der Waals surface area (Å²) in [6.07, 6.45) is -5.69. The zero-order valence-electron chi connectivity index (χ0n) is 11.2. The van der Waals surface area contributed by atoms with Crippen LogP contribution in [0.1, 0.15) is 6.92 Å². The molecule has 116 valence electrons. The van der Waals surface area contributed by atoms with Gasteiger partial charge in [-0.2, -0.15) is 0 Å². The first kappa shape index (κ1) is 15.6. The van der Waals surface area contributed by atoms with Crippen LogP contribution < -0.4 is 10.9 Å². The van der Waals surface area contributed by atoms with Gasteiger partial charge >= 0.3 is 0 Å². The van der Waals surface area contributed by atoms with Crippen molar-refractivity contribution in [2.45, 2.75) is 37.6 Å². The molecular formula is C12H17N3O6. The number of ether oxygens (including phenoxy) is 1. The van der Waals surface area contributed by atoms with Crippen molar-refractivity contribution in [2.24, 2.45) is 0 Å². The molecule has 21 heavy (non-hydrogen) atoms. The van der Waals surface area contributed by atoms with E-state index in [9.17, 15) is 25.4 Å². The van der Waals surface area contributed by atoms with E-state index in [2.05, 4.69) is 10.9 Å². The highest BCUT2D eigenvalue weighted by Gasteiger charge is 2.41. The van der Waals surface area contributed by atoms with Crippen LogP contribution in [0.25, 0.3) is 0 Å². The Bertz CT molecular complexity index is 514. The number of hydrogen-bond donors (Lipinski definition) is 5. The summed E-state index contributed by atoms with van der Waals surface area (Å²) < 4.78 is 5.30. The lowest BCUT2D eigenvalue weighted by Crippen LogP contribution is -2.61. The fourth-order valence-corrected chi connectivity index (χ4v) is 2.06. The second-order valence-corrected chi connectivity index (χ2v) is 4.78. The number of aliphatic hydroxyl groups is 3. The molecule has 0 bridgehead atoms. The maximum atomic E-state index is 10.9. The molecule has 1 aromatic carbocycles. The van der Waals surface area contributed by atoms with Gasteiger partial charge in [0.25, 0.3) is 5.69 Å². The van der Waals surface area contributed by atoms with Gasteiger partial charge < -0.3 is 25.5 Å². The molecule has 1 saturated heterocycles. The highest BCUT2D eigenvalue weighted by atomic mass is 16.6. The fraction of sp³-hybridized carbons (Fsp3) is 0.500. The van der Waals surface area contributed by atoms with Gasteiger partial charge in [0.1, 0.15) is 24.0 Å². The van der Waals surface area contributed by atoms with Crippen molar-refractivity contribution in [1.82, 2.24) is 5.43 Å². The van der Waals surface area contributed by atoms with Gasteiger partial charge in [-0.3, -0.25) is 10.1 Å². The minimum Gasteiger partial charge on any atom is -0.388 e. The summed E-state index contributed by atoms with van der Waals surface area (Å²) in [5.74, 6) is 0. The van der Waals surface area contributed by atoms with E-state index in [0.717, 1.165) is 0 Å². The van der Waals surface area contributed by atoms with Gasteiger partial charge in [-0.25, -0.2) is 5.43 Å². The standard InChI is InChI=1S/C12H17N3O6/c1-6-9(16)10(17)11(18)12(21-6)14-13-7-4-2-3-5-8(7)15(19)20/h2-6,9-14,16-18H,1H3/t6?,9-,10+,11?,12?/m1/s1. The molecular weight excluding hydrogens is 282 g/mol. The SMILES string of the molecule is CC1OC(NNc2ccccc2[N+](=O)[O-])C(O)[C@@H](O)[C@@H]1O. The number of nitrogens with zero attached hydrogens (tertiary/aromatic N) is 1. The van der Waals surface area contributed by atoms with Crippen molar-refractivity contribution >= 4 is 11.4 Å². The van der Waals surface area contributed by atoms with Gasteiger partial charge in [0.05, 0.1) is 11.0 Å². The number of benzene rings is 1. The van der Waals surface area contributed by atoms with Crippen molar-refractivity contribution in [3.05, 3.63) is 34.4 Å². The summed E-state index contributed by atoms with van der Waals surface area (Å²) >= 11 is 0. The fourth-order valence-electron chi connectivity index (χ4n) is 2.06. The number of anilines is 1. The smallest absolute Gasteiger partial charge is 0.293 e. The molecule has 0 radical (unpaired) electrons. The van der Waals surface area contributed by atoms with Crippen LogP contribution in [0.5, 0.6) is 0 Å². The van der Waals surface area contributed by atoms with Crippen molar-refractivity contribution in [1.29, 1.82) is 0 Å². The topological polar surface area (TPSA) is 137 Å². The summed E-state index contributed by atoms with van der Waals surface area (Å²) in [6, 6.07) is 5.94. The van der Waals surface area contributed by atoms with Crippen molar-refractivity contribution in [2.75, 3.05) is 5.43 Å². The van der Waals surface area contributed by atoms with Gasteiger partial charge in [-0.15, -0.1) is 0 Å². The molecule has 0 aromatic heterocycles. The van der Waals surface area contributed by atoms with E-state index in [4.69, 9.17) is 4.74 Å². The number of rotatable bonds is 4. The van der Waals surface area contributed by atoms with Crippen LogP contribution >= 0.6 is 0 Å². The third-order valence-corrected chi connectivity index (χ3v) is 3.30. The lowest BCUT2D eigenvalue weighted by molar-refractivity contribution is -0.384. The molecule has 9 nitrogen and oxygen atoms in total. The zero-order valence-corrected chi connectivity index (χ0v) is 11.2. The maximum absolute atomic E-state index is 10.9. The summed E-state index contributed by atoms with van der Waals surface area (Å²) in [6.45, 7) is 1.54. The zero-order chi connectivity index (χ0) is 15.6. The third kappa shape index (κ3) is 3.28. The molecule has 9 heteroatoms. The van der Waals surface area contributed by atoms with Crippen LogP contribution in [-0.2, 0) is 4.74 Å². The van der Waals surface area contributed by atoms with Crippen molar-refractivity contribution in [3.8, 4) is 0 Å². The largest absolute Gasteiger partial charge is 0.388 e. The Morgan fingerprint density at radius 1 is 1.19 bits per heavy atom. The van der Waals surface area contributed by atoms with Crippen molar-refractivity contribution < 1.29 is 25.0 Å². The minimum atomic E-state index is -1.38. The monoisotopic (exact) mass is 299 g/mol. The number of para-hydroxylation sites is 2. The molecule has 1 fully saturated rings. The molecule has 0 aliphatic carbocycles. The molecule has 1 aliphatic rings. The molecule has 1 aromatic rings. The number of hydrazine groups is 1. The maximum Gasteiger partial charge on any atom is 0.293 e. The second-order valence-electron chi connectivity index (χ2n) is 4.78. The first-order valence-electron chi connectivity index (χ1n) is 6.36. The first-order valence-corrected chi connectivity index (χ1v) is 6.36. The van der Waals surface area contributed by atoms with E-state index < -0.39 is 35.6 Å². The van der Waals surface area contributed by atoms with Gasteiger partial charge in [0, 0.05) is 6.07 Å². The number of hydrogen-bond acceptors (Lipinski definition) is 8. The molecule has 1 heterocycles. The Morgan fingerprint density at radius 3 is 2.52 bits per heavy atom. The summed E-state index contributed by atoms with van der Waals surface area (Å²) in [5, 5.41) is 39.9. The molecule has 5 N–H and O–H groups in total. The molecule has 0 spiro atoms. The number of nitro benzene ring substituents is 1. The number of aliphatic hydroxyl groups excluding tert-OH is 3. The van der Waals surface area contributed by atoms with Crippen molar-refractivity contribution in [3.63, 3.8) is 0 Å². The van der Waals surface area contributed by atoms with E-state index in [1.54, 1.807) is 13.0 Å². The molecule has 0 amide bonds. The Hall–Kier alpha value is -1.78. The quantitative estimate of drug-likeness (QED) is 0.365. The van der Waals surface area contributed by atoms with E-state index in [1.807, 2.05) is 0 Å². The molecule has 3 unspecified atom stereocenters. The minimum absolute atomic E-state index is 0.149. The lowest BCUT2D eigenvalue weighted by atomic mass is 9.99. The van der Waals surface area contributed by atoms with Gasteiger partial charge in [0.15, 0.2) is 6.23 Å². The third-order valence-electron chi connectivity index (χ3n) is 3.30. The lowest BCUT2D eigenvalue weighted by Gasteiger charge is -2.39. The van der Waals surface area contributed by atoms with E-state index in [1.165, 1.54) is 18.2 Å². The van der Waals surface area contributed by atoms with Gasteiger partial charge in [-0.05, 0) is 13.0 Å². The Morgan fingerprint density at radius 2 is 1.86 bits per heavy atom. The molecule has 0 saturated carbocycles. The second kappa shape index (κ2) is 6.33. The number of nitrogens with one attached hydrogen (secondary N) is 2. The van der Waals surface area contributed by atoms with Crippen LogP contribution in [0.3, 0.4) is 0 Å². The van der Waals surface area contributed by atoms with Gasteiger partial charge in [-0.1, -0.05) is 12.1 Å². The van der Waals surface area contributed by atoms with E-state index >= 15 is 0 Å². The Kier molecular flexibility index (Phi) is 4.70. The Balaban J connectivity index is 2.05. The summed E-state index contributed by atoms with van der Waals surface area (Å²) in [4.78, 5) is 10.3. The predicted molar refractivity (Wildman–Crippen MR) is 72.2 cm³/mol. The van der Waals surface area contributed by atoms with Crippen LogP contribution in [0.4, 0.5) is 11.4 Å². The first-order chi connectivity index (χ1) is 9.91. The van der Waals surface area contributed by atoms with Crippen LogP contribution in [0.2, 0.25) is 0 Å². The summed E-state index contributed by atoms with van der Waals surface area (Å²) in [5.41, 5.74) is 5.19. The normalized spacial score (nSPS) is 32.7. The highest BCUT2D eigenvalue weighted by Crippen LogP contribution is 2.24. The van der Waals surface area contributed by atoms with Crippen LogP contribution in [0.15, 0.2) is 24.3 Å². The van der Waals surface area contributed by atoms with Crippen LogP contribution in [-0.4, -0.2) is 50.9 Å². The molecule has 5 atom stereocenters. The van der Waals surface area contributed by atoms with Crippen LogP contribution in [0, 0.1) is 10.1 Å². The molecule has 1 aliphatic heterocycles. The van der Waals surface area contributed by atoms with E-state index in [0.29, 0.717) is 0 Å². The number of nitro groups is 1. The highest BCUT2D eigenvalue weighted by molar-refractivity contribution is 5.60. The average molecular weight is 299 g/mol. The average Bonchev–Trinajstić information content (AvgIpc) is 2.47. The van der Waals surface area contributed by atoms with Gasteiger partial charge in [0.2, 0.25) is 0 Å². The van der Waals surface area contributed by atoms with E-state index in [-0.39, 0.29) is 11.4 Å². The predicted octanol–water partition coefficient (Wildman–Crippen LogP) is -0.661. The summed E-state index contributed by atoms with van der Waals surface area (Å²) in [7, 11) is 0. The Labute approximate surface area is 120 Å².